The molecule has 2 rings (SSSR count). The lowest BCUT2D eigenvalue weighted by molar-refractivity contribution is -0.138. The Morgan fingerprint density at radius 1 is 1.65 bits per heavy atom. The SMILES string of the molecule is Cc1nc(NC2(CC(=O)O)CCC2)cc(=O)[nH]1. The van der Waals surface area contributed by atoms with Gasteiger partial charge in [0.05, 0.1) is 6.42 Å². The number of carbonyl (C=O) groups is 1. The fourth-order valence-corrected chi connectivity index (χ4v) is 2.15. The molecule has 1 aliphatic carbocycles. The third-order valence-corrected chi connectivity index (χ3v) is 3.05. The van der Waals surface area contributed by atoms with E-state index in [1.165, 1.54) is 6.07 Å². The molecule has 0 amide bonds. The second-order valence-electron chi connectivity index (χ2n) is 4.55. The number of nitrogens with zero attached hydrogens (tertiary/aromatic N) is 1. The minimum absolute atomic E-state index is 0.0561. The first-order chi connectivity index (χ1) is 7.99. The molecule has 0 spiro atoms. The standard InChI is InChI=1S/C11H15N3O3/c1-7-12-8(5-9(15)13-7)14-11(3-2-4-11)6-10(16)17/h5H,2-4,6H2,1H3,(H,16,17)(H2,12,13,14,15). The van der Waals surface area contributed by atoms with Gasteiger partial charge in [-0.2, -0.15) is 0 Å². The molecule has 1 aliphatic rings. The first kappa shape index (κ1) is 11.6. The molecule has 92 valence electrons. The summed E-state index contributed by atoms with van der Waals surface area (Å²) in [6.07, 6.45) is 2.66. The van der Waals surface area contributed by atoms with Crippen molar-refractivity contribution in [1.29, 1.82) is 0 Å². The fourth-order valence-electron chi connectivity index (χ4n) is 2.15. The van der Waals surface area contributed by atoms with Crippen LogP contribution in [0, 0.1) is 6.92 Å². The Bertz CT molecular complexity index is 491. The first-order valence-electron chi connectivity index (χ1n) is 5.57. The summed E-state index contributed by atoms with van der Waals surface area (Å²) in [4.78, 5) is 28.8. The van der Waals surface area contributed by atoms with E-state index in [4.69, 9.17) is 5.11 Å². The Labute approximate surface area is 98.1 Å². The number of aromatic nitrogens is 2. The van der Waals surface area contributed by atoms with Crippen LogP contribution in [0.1, 0.15) is 31.5 Å². The number of H-pyrrole nitrogens is 1. The smallest absolute Gasteiger partial charge is 0.305 e. The molecular weight excluding hydrogens is 222 g/mol. The number of aliphatic carboxylic acids is 1. The zero-order chi connectivity index (χ0) is 12.5. The van der Waals surface area contributed by atoms with Gasteiger partial charge in [0.1, 0.15) is 11.6 Å². The predicted molar refractivity (Wildman–Crippen MR) is 62.1 cm³/mol. The molecule has 1 heterocycles. The summed E-state index contributed by atoms with van der Waals surface area (Å²) in [7, 11) is 0. The van der Waals surface area contributed by atoms with E-state index in [0.717, 1.165) is 19.3 Å². The van der Waals surface area contributed by atoms with Crippen LogP contribution in [-0.2, 0) is 4.79 Å². The first-order valence-corrected chi connectivity index (χ1v) is 5.57. The van der Waals surface area contributed by atoms with Gasteiger partial charge in [0.25, 0.3) is 5.56 Å². The molecule has 0 atom stereocenters. The van der Waals surface area contributed by atoms with Gasteiger partial charge in [0.2, 0.25) is 0 Å². The van der Waals surface area contributed by atoms with Crippen molar-refractivity contribution in [3.05, 3.63) is 22.2 Å². The summed E-state index contributed by atoms with van der Waals surface area (Å²) in [6.45, 7) is 1.69. The van der Waals surface area contributed by atoms with Crippen LogP contribution in [-0.4, -0.2) is 26.6 Å². The molecule has 0 aliphatic heterocycles. The van der Waals surface area contributed by atoms with Gasteiger partial charge in [-0.1, -0.05) is 0 Å². The maximum Gasteiger partial charge on any atom is 0.305 e. The largest absolute Gasteiger partial charge is 0.481 e. The summed E-state index contributed by atoms with van der Waals surface area (Å²) in [6, 6.07) is 1.36. The van der Waals surface area contributed by atoms with Gasteiger partial charge in [0.15, 0.2) is 0 Å². The molecule has 17 heavy (non-hydrogen) atoms. The van der Waals surface area contributed by atoms with E-state index in [2.05, 4.69) is 15.3 Å². The van der Waals surface area contributed by atoms with E-state index < -0.39 is 11.5 Å². The molecule has 1 saturated carbocycles. The van der Waals surface area contributed by atoms with E-state index in [-0.39, 0.29) is 12.0 Å². The molecular formula is C11H15N3O3. The number of carboxylic acid groups (broad SMARTS) is 1. The maximum absolute atomic E-state index is 11.3. The number of carboxylic acids is 1. The summed E-state index contributed by atoms with van der Waals surface area (Å²) in [5, 5.41) is 12.0. The number of hydrogen-bond acceptors (Lipinski definition) is 4. The predicted octanol–water partition coefficient (Wildman–Crippen LogP) is 0.888. The van der Waals surface area contributed by atoms with Crippen LogP contribution >= 0.6 is 0 Å². The molecule has 6 nitrogen and oxygen atoms in total. The second kappa shape index (κ2) is 4.20. The molecule has 3 N–H and O–H groups in total. The quantitative estimate of drug-likeness (QED) is 0.722. The van der Waals surface area contributed by atoms with Gasteiger partial charge in [-0.15, -0.1) is 0 Å². The van der Waals surface area contributed by atoms with Crippen molar-refractivity contribution in [3.63, 3.8) is 0 Å². The highest BCUT2D eigenvalue weighted by Gasteiger charge is 2.39. The van der Waals surface area contributed by atoms with Gasteiger partial charge in [-0.25, -0.2) is 4.98 Å². The van der Waals surface area contributed by atoms with Gasteiger partial charge in [0, 0.05) is 11.6 Å². The third-order valence-electron chi connectivity index (χ3n) is 3.05. The Morgan fingerprint density at radius 3 is 2.82 bits per heavy atom. The summed E-state index contributed by atoms with van der Waals surface area (Å²) in [5.74, 6) is 0.135. The highest BCUT2D eigenvalue weighted by Crippen LogP contribution is 2.37. The van der Waals surface area contributed by atoms with Gasteiger partial charge >= 0.3 is 5.97 Å². The number of aromatic amines is 1. The topological polar surface area (TPSA) is 95.1 Å². The van der Waals surface area contributed by atoms with Crippen LogP contribution in [0.15, 0.2) is 10.9 Å². The summed E-state index contributed by atoms with van der Waals surface area (Å²) in [5.41, 5.74) is -0.663. The number of nitrogens with one attached hydrogen (secondary N) is 2. The summed E-state index contributed by atoms with van der Waals surface area (Å²) >= 11 is 0. The van der Waals surface area contributed by atoms with Crippen LogP contribution in [0.25, 0.3) is 0 Å². The zero-order valence-electron chi connectivity index (χ0n) is 9.62. The van der Waals surface area contributed by atoms with Crippen LogP contribution in [0.5, 0.6) is 0 Å². The second-order valence-corrected chi connectivity index (χ2v) is 4.55. The summed E-state index contributed by atoms with van der Waals surface area (Å²) < 4.78 is 0. The molecule has 1 aromatic rings. The number of aryl methyl sites for hydroxylation is 1. The van der Waals surface area contributed by atoms with Crippen molar-refractivity contribution in [2.45, 2.75) is 38.1 Å². The van der Waals surface area contributed by atoms with Crippen molar-refractivity contribution in [3.8, 4) is 0 Å². The highest BCUT2D eigenvalue weighted by atomic mass is 16.4. The molecule has 0 unspecified atom stereocenters. The average molecular weight is 237 g/mol. The van der Waals surface area contributed by atoms with Crippen LogP contribution in [0.4, 0.5) is 5.82 Å². The van der Waals surface area contributed by atoms with Gasteiger partial charge < -0.3 is 15.4 Å². The van der Waals surface area contributed by atoms with Crippen molar-refractivity contribution in [2.24, 2.45) is 0 Å². The van der Waals surface area contributed by atoms with E-state index in [0.29, 0.717) is 11.6 Å². The Morgan fingerprint density at radius 2 is 2.35 bits per heavy atom. The molecule has 0 bridgehead atoms. The lowest BCUT2D eigenvalue weighted by Gasteiger charge is -2.41. The van der Waals surface area contributed by atoms with E-state index in [9.17, 15) is 9.59 Å². The molecule has 0 aromatic carbocycles. The number of rotatable bonds is 4. The van der Waals surface area contributed by atoms with Crippen molar-refractivity contribution < 1.29 is 9.90 Å². The maximum atomic E-state index is 11.3. The lowest BCUT2D eigenvalue weighted by atomic mass is 9.74. The number of anilines is 1. The Kier molecular flexibility index (Phi) is 2.87. The lowest BCUT2D eigenvalue weighted by Crippen LogP contribution is -2.47. The molecule has 0 radical (unpaired) electrons. The Hall–Kier alpha value is -1.85. The number of hydrogen-bond donors (Lipinski definition) is 3. The normalized spacial score (nSPS) is 17.2. The van der Waals surface area contributed by atoms with Crippen LogP contribution in [0.3, 0.4) is 0 Å². The molecule has 6 heteroatoms. The molecule has 1 fully saturated rings. The van der Waals surface area contributed by atoms with Crippen LogP contribution in [0.2, 0.25) is 0 Å². The minimum Gasteiger partial charge on any atom is -0.481 e. The van der Waals surface area contributed by atoms with Crippen LogP contribution < -0.4 is 10.9 Å². The van der Waals surface area contributed by atoms with E-state index >= 15 is 0 Å². The van der Waals surface area contributed by atoms with Gasteiger partial charge in [-0.05, 0) is 26.2 Å². The zero-order valence-corrected chi connectivity index (χ0v) is 9.62. The van der Waals surface area contributed by atoms with E-state index in [1.54, 1.807) is 6.92 Å². The highest BCUT2D eigenvalue weighted by molar-refractivity contribution is 5.69. The fraction of sp³-hybridized carbons (Fsp3) is 0.545. The monoisotopic (exact) mass is 237 g/mol. The average Bonchev–Trinajstić information content (AvgIpc) is 2.11. The molecule has 0 saturated heterocycles. The Balaban J connectivity index is 2.18. The van der Waals surface area contributed by atoms with Gasteiger partial charge in [-0.3, -0.25) is 9.59 Å². The van der Waals surface area contributed by atoms with Crippen molar-refractivity contribution >= 4 is 11.8 Å². The van der Waals surface area contributed by atoms with Crippen molar-refractivity contribution in [1.82, 2.24) is 9.97 Å². The minimum atomic E-state index is -0.834. The third kappa shape index (κ3) is 2.64. The van der Waals surface area contributed by atoms with E-state index in [1.807, 2.05) is 0 Å². The van der Waals surface area contributed by atoms with Crippen molar-refractivity contribution in [2.75, 3.05) is 5.32 Å². The molecule has 1 aromatic heterocycles.